The molecule has 0 radical (unpaired) electrons. The van der Waals surface area contributed by atoms with Crippen molar-refractivity contribution in [1.29, 1.82) is 0 Å². The molecule has 1 aromatic carbocycles. The van der Waals surface area contributed by atoms with Crippen molar-refractivity contribution in [2.24, 2.45) is 5.73 Å². The quantitative estimate of drug-likeness (QED) is 0.735. The van der Waals surface area contributed by atoms with Crippen molar-refractivity contribution in [3.8, 4) is 5.75 Å². The number of phenols is 1. The number of nitrogens with two attached hydrogens (primary N) is 1. The molecule has 0 fully saturated rings. The van der Waals surface area contributed by atoms with Gasteiger partial charge in [-0.2, -0.15) is 0 Å². The lowest BCUT2D eigenvalue weighted by Gasteiger charge is -2.23. The number of hydrogen-bond donors (Lipinski definition) is 3. The molecular formula is C9H10Br2ClF2NO2. The van der Waals surface area contributed by atoms with Crippen molar-refractivity contribution in [1.82, 2.24) is 0 Å². The number of halogens is 5. The second-order valence-corrected chi connectivity index (χ2v) is 4.99. The van der Waals surface area contributed by atoms with Gasteiger partial charge in [-0.1, -0.05) is 31.9 Å². The zero-order valence-corrected chi connectivity index (χ0v) is 12.3. The zero-order chi connectivity index (χ0) is 12.5. The first-order valence-corrected chi connectivity index (χ1v) is 5.80. The summed E-state index contributed by atoms with van der Waals surface area (Å²) in [5.41, 5.74) is 5.18. The van der Waals surface area contributed by atoms with Crippen molar-refractivity contribution in [3.63, 3.8) is 0 Å². The molecule has 0 heterocycles. The Balaban J connectivity index is 0.00000256. The van der Waals surface area contributed by atoms with Gasteiger partial charge in [-0.15, -0.1) is 12.4 Å². The number of aromatic hydroxyl groups is 1. The molecule has 4 N–H and O–H groups in total. The summed E-state index contributed by atoms with van der Waals surface area (Å²) in [6.45, 7) is -1.38. The molecule has 0 amide bonds. The first kappa shape index (κ1) is 17.1. The highest BCUT2D eigenvalue weighted by Crippen LogP contribution is 2.39. The average Bonchev–Trinajstić information content (AvgIpc) is 2.15. The normalized spacial score (nSPS) is 13.1. The van der Waals surface area contributed by atoms with E-state index >= 15 is 0 Å². The molecule has 1 aromatic rings. The van der Waals surface area contributed by atoms with Crippen LogP contribution in [0.5, 0.6) is 5.75 Å². The number of alkyl halides is 2. The van der Waals surface area contributed by atoms with E-state index in [4.69, 9.17) is 10.8 Å². The van der Waals surface area contributed by atoms with Gasteiger partial charge in [0.05, 0.1) is 0 Å². The standard InChI is InChI=1S/C9H9Br2F2NO2.ClH/c10-4-1-5(11)7(6(16)2-4)8(14)9(12,13)3-15;/h1-2,8,15-16H,3,14H2;1H/t8-;/m1./s1. The SMILES string of the molecule is Cl.N[C@H](c1c(O)cc(Br)cc1Br)C(F)(F)CO. The number of rotatable bonds is 3. The molecule has 8 heteroatoms. The number of phenolic OH excluding ortho intramolecular Hbond substituents is 1. The average molecular weight is 397 g/mol. The largest absolute Gasteiger partial charge is 0.508 e. The maximum Gasteiger partial charge on any atom is 0.289 e. The van der Waals surface area contributed by atoms with Crippen LogP contribution < -0.4 is 5.73 Å². The lowest BCUT2D eigenvalue weighted by molar-refractivity contribution is -0.0717. The molecule has 0 saturated heterocycles. The Labute approximate surface area is 120 Å². The highest BCUT2D eigenvalue weighted by Gasteiger charge is 2.39. The van der Waals surface area contributed by atoms with Gasteiger partial charge in [-0.05, 0) is 12.1 Å². The van der Waals surface area contributed by atoms with Crippen LogP contribution in [0.2, 0.25) is 0 Å². The molecule has 0 aliphatic rings. The van der Waals surface area contributed by atoms with Gasteiger partial charge >= 0.3 is 0 Å². The molecule has 0 aliphatic heterocycles. The summed E-state index contributed by atoms with van der Waals surface area (Å²) in [5, 5.41) is 18.1. The molecule has 17 heavy (non-hydrogen) atoms. The molecule has 1 atom stereocenters. The summed E-state index contributed by atoms with van der Waals surface area (Å²) in [4.78, 5) is 0. The molecule has 3 nitrogen and oxygen atoms in total. The Morgan fingerprint density at radius 1 is 1.35 bits per heavy atom. The Bertz CT molecular complexity index is 384. The van der Waals surface area contributed by atoms with Crippen LogP contribution in [0.15, 0.2) is 21.1 Å². The van der Waals surface area contributed by atoms with Gasteiger partial charge in [0.15, 0.2) is 0 Å². The van der Waals surface area contributed by atoms with Crippen LogP contribution in [-0.4, -0.2) is 22.7 Å². The van der Waals surface area contributed by atoms with Crippen LogP contribution in [-0.2, 0) is 0 Å². The molecule has 0 spiro atoms. The van der Waals surface area contributed by atoms with Gasteiger partial charge in [0, 0.05) is 14.5 Å². The number of aliphatic hydroxyl groups is 1. The fourth-order valence-electron chi connectivity index (χ4n) is 1.19. The van der Waals surface area contributed by atoms with Crippen LogP contribution in [0.3, 0.4) is 0 Å². The third-order valence-electron chi connectivity index (χ3n) is 2.05. The molecule has 0 saturated carbocycles. The summed E-state index contributed by atoms with van der Waals surface area (Å²) in [7, 11) is 0. The second-order valence-electron chi connectivity index (χ2n) is 3.22. The molecule has 1 rings (SSSR count). The minimum absolute atomic E-state index is 0. The van der Waals surface area contributed by atoms with Gasteiger partial charge in [0.1, 0.15) is 18.4 Å². The van der Waals surface area contributed by atoms with E-state index in [2.05, 4.69) is 31.9 Å². The molecule has 0 aromatic heterocycles. The van der Waals surface area contributed by atoms with Crippen molar-refractivity contribution in [2.75, 3.05) is 6.61 Å². The van der Waals surface area contributed by atoms with Gasteiger partial charge in [-0.25, -0.2) is 8.78 Å². The van der Waals surface area contributed by atoms with E-state index in [1.807, 2.05) is 0 Å². The third-order valence-corrected chi connectivity index (χ3v) is 3.16. The van der Waals surface area contributed by atoms with E-state index < -0.39 is 18.6 Å². The van der Waals surface area contributed by atoms with Crippen molar-refractivity contribution >= 4 is 44.3 Å². The summed E-state index contributed by atoms with van der Waals surface area (Å²) < 4.78 is 27.1. The number of benzene rings is 1. The van der Waals surface area contributed by atoms with Crippen LogP contribution in [0.25, 0.3) is 0 Å². The lowest BCUT2D eigenvalue weighted by Crippen LogP contribution is -2.36. The minimum atomic E-state index is -3.49. The highest BCUT2D eigenvalue weighted by atomic mass is 79.9. The van der Waals surface area contributed by atoms with E-state index in [0.29, 0.717) is 4.47 Å². The van der Waals surface area contributed by atoms with Gasteiger partial charge in [0.2, 0.25) is 0 Å². The summed E-state index contributed by atoms with van der Waals surface area (Å²) in [5.74, 6) is -3.85. The Morgan fingerprint density at radius 2 is 1.88 bits per heavy atom. The first-order valence-electron chi connectivity index (χ1n) is 4.21. The molecule has 0 unspecified atom stereocenters. The summed E-state index contributed by atoms with van der Waals surface area (Å²) in [6, 6.07) is 0.968. The third kappa shape index (κ3) is 3.75. The minimum Gasteiger partial charge on any atom is -0.508 e. The molecular weight excluding hydrogens is 387 g/mol. The van der Waals surface area contributed by atoms with Gasteiger partial charge in [-0.3, -0.25) is 0 Å². The van der Waals surface area contributed by atoms with E-state index in [9.17, 15) is 13.9 Å². The van der Waals surface area contributed by atoms with Crippen LogP contribution in [0.4, 0.5) is 8.78 Å². The van der Waals surface area contributed by atoms with E-state index in [-0.39, 0.29) is 28.2 Å². The Kier molecular flexibility index (Phi) is 6.30. The Morgan fingerprint density at radius 3 is 2.29 bits per heavy atom. The van der Waals surface area contributed by atoms with Crippen molar-refractivity contribution in [2.45, 2.75) is 12.0 Å². The molecule has 0 aliphatic carbocycles. The monoisotopic (exact) mass is 395 g/mol. The van der Waals surface area contributed by atoms with E-state index in [1.165, 1.54) is 12.1 Å². The molecule has 98 valence electrons. The van der Waals surface area contributed by atoms with E-state index in [0.717, 1.165) is 0 Å². The summed E-state index contributed by atoms with van der Waals surface area (Å²) >= 11 is 6.13. The predicted molar refractivity (Wildman–Crippen MR) is 69.7 cm³/mol. The number of hydrogen-bond acceptors (Lipinski definition) is 3. The maximum absolute atomic E-state index is 13.2. The Hall–Kier alpha value is 0.0500. The second kappa shape index (κ2) is 6.29. The lowest BCUT2D eigenvalue weighted by atomic mass is 10.0. The maximum atomic E-state index is 13.2. The first-order chi connectivity index (χ1) is 7.29. The van der Waals surface area contributed by atoms with Crippen LogP contribution >= 0.6 is 44.3 Å². The predicted octanol–water partition coefficient (Wildman–Crippen LogP) is 2.97. The fourth-order valence-corrected chi connectivity index (χ4v) is 2.64. The van der Waals surface area contributed by atoms with E-state index in [1.54, 1.807) is 0 Å². The highest BCUT2D eigenvalue weighted by molar-refractivity contribution is 9.11. The van der Waals surface area contributed by atoms with Gasteiger partial charge < -0.3 is 15.9 Å². The zero-order valence-electron chi connectivity index (χ0n) is 8.33. The van der Waals surface area contributed by atoms with Gasteiger partial charge in [0.25, 0.3) is 5.92 Å². The van der Waals surface area contributed by atoms with Crippen LogP contribution in [0.1, 0.15) is 11.6 Å². The van der Waals surface area contributed by atoms with Crippen molar-refractivity contribution < 1.29 is 19.0 Å². The molecule has 0 bridgehead atoms. The smallest absolute Gasteiger partial charge is 0.289 e. The van der Waals surface area contributed by atoms with Crippen molar-refractivity contribution in [3.05, 3.63) is 26.6 Å². The topological polar surface area (TPSA) is 66.5 Å². The number of aliphatic hydroxyl groups excluding tert-OH is 1. The summed E-state index contributed by atoms with van der Waals surface area (Å²) in [6.07, 6.45) is 0. The van der Waals surface area contributed by atoms with Crippen LogP contribution in [0, 0.1) is 0 Å². The fraction of sp³-hybridized carbons (Fsp3) is 0.333.